The summed E-state index contributed by atoms with van der Waals surface area (Å²) in [5.41, 5.74) is 5.60. The predicted octanol–water partition coefficient (Wildman–Crippen LogP) is 1.89. The highest BCUT2D eigenvalue weighted by Crippen LogP contribution is 2.26. The van der Waals surface area contributed by atoms with Crippen molar-refractivity contribution in [3.05, 3.63) is 34.6 Å². The van der Waals surface area contributed by atoms with Crippen LogP contribution in [0.5, 0.6) is 0 Å². The summed E-state index contributed by atoms with van der Waals surface area (Å²) < 4.78 is 31.0. The normalized spacial score (nSPS) is 12.9. The number of carbonyl (C=O) groups excluding carboxylic acids is 1. The molecule has 0 bridgehead atoms. The Labute approximate surface area is 136 Å². The number of nitrogens with two attached hydrogens (primary N) is 1. The molecule has 7 nitrogen and oxygen atoms in total. The minimum atomic E-state index is -3.84. The number of rotatable bonds is 5. The lowest BCUT2D eigenvalue weighted by Gasteiger charge is -2.08. The molecule has 0 fully saturated rings. The lowest BCUT2D eigenvalue weighted by Crippen LogP contribution is -2.20. The highest BCUT2D eigenvalue weighted by Gasteiger charge is 2.22. The van der Waals surface area contributed by atoms with Gasteiger partial charge in [-0.3, -0.25) is 9.52 Å². The smallest absolute Gasteiger partial charge is 0.264 e. The number of benzene rings is 1. The van der Waals surface area contributed by atoms with Crippen LogP contribution in [0.3, 0.4) is 0 Å². The number of carbonyl (C=O) groups is 1. The van der Waals surface area contributed by atoms with Gasteiger partial charge in [0.15, 0.2) is 5.82 Å². The van der Waals surface area contributed by atoms with E-state index < -0.39 is 21.8 Å². The van der Waals surface area contributed by atoms with Gasteiger partial charge in [0, 0.05) is 16.6 Å². The summed E-state index contributed by atoms with van der Waals surface area (Å²) in [6.07, 6.45) is 0. The summed E-state index contributed by atoms with van der Waals surface area (Å²) in [7, 11) is -3.84. The van der Waals surface area contributed by atoms with Crippen molar-refractivity contribution < 1.29 is 13.2 Å². The standard InChI is InChI=1S/C12H13ClN4O3S2/c1-6-8(13)4-3-5-9(6)22(19,20)17-12-15-11(16-21-12)7(2)10(14)18/h3-5,7H,1-2H3,(H2,14,18)(H,15,16,17)/t7-/m0/s1. The van der Waals surface area contributed by atoms with Crippen LogP contribution in [0.1, 0.15) is 24.2 Å². The summed E-state index contributed by atoms with van der Waals surface area (Å²) in [4.78, 5) is 15.1. The predicted molar refractivity (Wildman–Crippen MR) is 84.5 cm³/mol. The number of halogens is 1. The third-order valence-electron chi connectivity index (χ3n) is 2.98. The maximum atomic E-state index is 12.4. The molecule has 10 heteroatoms. The van der Waals surface area contributed by atoms with Gasteiger partial charge in [-0.2, -0.15) is 4.37 Å². The molecule has 1 heterocycles. The molecular weight excluding hydrogens is 348 g/mol. The van der Waals surface area contributed by atoms with Crippen LogP contribution in [-0.2, 0) is 14.8 Å². The summed E-state index contributed by atoms with van der Waals surface area (Å²) >= 11 is 6.77. The van der Waals surface area contributed by atoms with Crippen LogP contribution >= 0.6 is 23.1 Å². The maximum Gasteiger partial charge on any atom is 0.264 e. The van der Waals surface area contributed by atoms with E-state index >= 15 is 0 Å². The Morgan fingerprint density at radius 2 is 2.14 bits per heavy atom. The van der Waals surface area contributed by atoms with Crippen molar-refractivity contribution in [1.29, 1.82) is 0 Å². The van der Waals surface area contributed by atoms with E-state index in [1.54, 1.807) is 26.0 Å². The largest absolute Gasteiger partial charge is 0.369 e. The third-order valence-corrected chi connectivity index (χ3v) is 5.65. The molecule has 0 spiro atoms. The molecule has 2 aromatic rings. The molecule has 1 aromatic carbocycles. The van der Waals surface area contributed by atoms with Crippen molar-refractivity contribution in [1.82, 2.24) is 9.36 Å². The first-order valence-electron chi connectivity index (χ1n) is 6.13. The number of primary amides is 1. The molecule has 0 saturated carbocycles. The molecule has 118 valence electrons. The second-order valence-corrected chi connectivity index (χ2v) is 7.36. The minimum Gasteiger partial charge on any atom is -0.369 e. The number of hydrogen-bond acceptors (Lipinski definition) is 6. The van der Waals surface area contributed by atoms with Gasteiger partial charge in [-0.05, 0) is 31.5 Å². The van der Waals surface area contributed by atoms with Gasteiger partial charge in [-0.25, -0.2) is 13.4 Å². The van der Waals surface area contributed by atoms with Gasteiger partial charge in [0.2, 0.25) is 11.0 Å². The number of nitrogens with zero attached hydrogens (tertiary/aromatic N) is 2. The highest BCUT2D eigenvalue weighted by molar-refractivity contribution is 7.93. The van der Waals surface area contributed by atoms with Crippen LogP contribution in [-0.4, -0.2) is 23.7 Å². The summed E-state index contributed by atoms with van der Waals surface area (Å²) in [6.45, 7) is 3.15. The van der Waals surface area contributed by atoms with Gasteiger partial charge in [-0.15, -0.1) is 0 Å². The highest BCUT2D eigenvalue weighted by atomic mass is 35.5. The van der Waals surface area contributed by atoms with Crippen molar-refractivity contribution in [3.8, 4) is 0 Å². The Balaban J connectivity index is 2.30. The lowest BCUT2D eigenvalue weighted by molar-refractivity contribution is -0.119. The van der Waals surface area contributed by atoms with Gasteiger partial charge in [-0.1, -0.05) is 17.7 Å². The van der Waals surface area contributed by atoms with Crippen molar-refractivity contribution in [2.24, 2.45) is 5.73 Å². The van der Waals surface area contributed by atoms with Gasteiger partial charge >= 0.3 is 0 Å². The average molecular weight is 361 g/mol. The first kappa shape index (κ1) is 16.7. The number of nitrogens with one attached hydrogen (secondary N) is 1. The van der Waals surface area contributed by atoms with Crippen LogP contribution in [0.25, 0.3) is 0 Å². The monoisotopic (exact) mass is 360 g/mol. The molecule has 0 aliphatic heterocycles. The lowest BCUT2D eigenvalue weighted by atomic mass is 10.1. The maximum absolute atomic E-state index is 12.4. The zero-order valence-corrected chi connectivity index (χ0v) is 14.1. The summed E-state index contributed by atoms with van der Waals surface area (Å²) in [6, 6.07) is 4.59. The number of hydrogen-bond donors (Lipinski definition) is 2. The van der Waals surface area contributed by atoms with E-state index in [-0.39, 0.29) is 15.9 Å². The van der Waals surface area contributed by atoms with E-state index in [9.17, 15) is 13.2 Å². The first-order valence-corrected chi connectivity index (χ1v) is 8.76. The number of anilines is 1. The Morgan fingerprint density at radius 1 is 1.45 bits per heavy atom. The van der Waals surface area contributed by atoms with Gasteiger partial charge in [0.25, 0.3) is 10.0 Å². The average Bonchev–Trinajstić information content (AvgIpc) is 2.88. The van der Waals surface area contributed by atoms with E-state index in [4.69, 9.17) is 17.3 Å². The van der Waals surface area contributed by atoms with Crippen LogP contribution in [0, 0.1) is 6.92 Å². The Kier molecular flexibility index (Phi) is 4.69. The SMILES string of the molecule is Cc1c(Cl)cccc1S(=O)(=O)Nc1nc([C@@H](C)C(N)=O)ns1. The third kappa shape index (κ3) is 3.37. The van der Waals surface area contributed by atoms with E-state index in [2.05, 4.69) is 14.1 Å². The number of aromatic nitrogens is 2. The molecule has 0 radical (unpaired) electrons. The molecule has 22 heavy (non-hydrogen) atoms. The Bertz CT molecular complexity index is 820. The topological polar surface area (TPSA) is 115 Å². The zero-order chi connectivity index (χ0) is 16.5. The summed E-state index contributed by atoms with van der Waals surface area (Å²) in [5.74, 6) is -1.10. The quantitative estimate of drug-likeness (QED) is 0.844. The second-order valence-electron chi connectivity index (χ2n) is 4.55. The van der Waals surface area contributed by atoms with Crippen LogP contribution in [0.2, 0.25) is 5.02 Å². The van der Waals surface area contributed by atoms with E-state index in [0.717, 1.165) is 11.5 Å². The molecule has 1 aromatic heterocycles. The Morgan fingerprint density at radius 3 is 2.77 bits per heavy atom. The molecule has 0 aliphatic carbocycles. The van der Waals surface area contributed by atoms with E-state index in [1.807, 2.05) is 0 Å². The second kappa shape index (κ2) is 6.19. The molecular formula is C12H13ClN4O3S2. The van der Waals surface area contributed by atoms with Crippen molar-refractivity contribution in [2.45, 2.75) is 24.7 Å². The number of sulfonamides is 1. The van der Waals surface area contributed by atoms with Gasteiger partial charge in [0.1, 0.15) is 0 Å². The molecule has 3 N–H and O–H groups in total. The van der Waals surface area contributed by atoms with Crippen molar-refractivity contribution in [2.75, 3.05) is 4.72 Å². The fourth-order valence-electron chi connectivity index (χ4n) is 1.63. The number of amides is 1. The first-order chi connectivity index (χ1) is 10.2. The Hall–Kier alpha value is -1.71. The van der Waals surface area contributed by atoms with Crippen LogP contribution in [0.4, 0.5) is 5.13 Å². The zero-order valence-electron chi connectivity index (χ0n) is 11.7. The molecule has 0 unspecified atom stereocenters. The van der Waals surface area contributed by atoms with Gasteiger partial charge in [0.05, 0.1) is 10.8 Å². The molecule has 0 saturated heterocycles. The van der Waals surface area contributed by atoms with Crippen LogP contribution < -0.4 is 10.5 Å². The molecule has 1 amide bonds. The van der Waals surface area contributed by atoms with Crippen molar-refractivity contribution >= 4 is 44.2 Å². The van der Waals surface area contributed by atoms with Gasteiger partial charge < -0.3 is 5.73 Å². The molecule has 2 rings (SSSR count). The van der Waals surface area contributed by atoms with E-state index in [0.29, 0.717) is 10.6 Å². The van der Waals surface area contributed by atoms with Crippen LogP contribution in [0.15, 0.2) is 23.1 Å². The molecule has 1 atom stereocenters. The summed E-state index contributed by atoms with van der Waals surface area (Å²) in [5, 5.41) is 0.408. The minimum absolute atomic E-state index is 0.0553. The fraction of sp³-hybridized carbons (Fsp3) is 0.250. The molecule has 0 aliphatic rings. The van der Waals surface area contributed by atoms with E-state index in [1.165, 1.54) is 6.07 Å². The van der Waals surface area contributed by atoms with Crippen molar-refractivity contribution in [3.63, 3.8) is 0 Å². The fourth-order valence-corrected chi connectivity index (χ4v) is 4.01.